The summed E-state index contributed by atoms with van der Waals surface area (Å²) in [6.45, 7) is 23.3. The first-order valence-corrected chi connectivity index (χ1v) is 19.3. The summed E-state index contributed by atoms with van der Waals surface area (Å²) in [4.78, 5) is 13.1. The SMILES string of the molecule is COc1cc(OCC(CO[Si](C)(C)C(C)(C)C)C(O[SiH](C)C)C(C)(C)C)c(C=O)cc1-c1cccs1. The maximum Gasteiger partial charge on any atom is 0.191 e. The van der Waals surface area contributed by atoms with Crippen molar-refractivity contribution in [1.82, 2.24) is 0 Å². The van der Waals surface area contributed by atoms with Crippen molar-refractivity contribution in [3.05, 3.63) is 35.2 Å². The van der Waals surface area contributed by atoms with Gasteiger partial charge in [-0.05, 0) is 54.2 Å². The number of benzene rings is 1. The van der Waals surface area contributed by atoms with Gasteiger partial charge >= 0.3 is 0 Å². The summed E-state index contributed by atoms with van der Waals surface area (Å²) in [6, 6.07) is 7.69. The molecule has 8 heteroatoms. The molecule has 202 valence electrons. The van der Waals surface area contributed by atoms with Crippen LogP contribution in [0.1, 0.15) is 51.9 Å². The lowest BCUT2D eigenvalue weighted by molar-refractivity contribution is -0.00847. The molecular weight excluding hydrogens is 505 g/mol. The molecule has 1 aromatic carbocycles. The van der Waals surface area contributed by atoms with Gasteiger partial charge in [0, 0.05) is 29.0 Å². The zero-order valence-electron chi connectivity index (χ0n) is 24.1. The minimum atomic E-state index is -1.97. The van der Waals surface area contributed by atoms with E-state index in [0.717, 1.165) is 16.7 Å². The minimum absolute atomic E-state index is 0.0106. The molecule has 5 nitrogen and oxygen atoms in total. The van der Waals surface area contributed by atoms with Crippen LogP contribution in [0.2, 0.25) is 31.2 Å². The summed E-state index contributed by atoms with van der Waals surface area (Å²) in [5.41, 5.74) is 1.31. The third-order valence-corrected chi connectivity index (χ3v) is 13.1. The molecule has 1 heterocycles. The molecule has 0 amide bonds. The van der Waals surface area contributed by atoms with Crippen LogP contribution < -0.4 is 9.47 Å². The molecule has 0 fully saturated rings. The molecule has 2 atom stereocenters. The number of aldehydes is 1. The van der Waals surface area contributed by atoms with E-state index in [-0.39, 0.29) is 22.5 Å². The number of methoxy groups -OCH3 is 1. The largest absolute Gasteiger partial charge is 0.496 e. The van der Waals surface area contributed by atoms with Crippen molar-refractivity contribution in [2.24, 2.45) is 11.3 Å². The van der Waals surface area contributed by atoms with Gasteiger partial charge in [-0.25, -0.2) is 0 Å². The number of hydrogen-bond acceptors (Lipinski definition) is 6. The highest BCUT2D eigenvalue weighted by Crippen LogP contribution is 2.40. The van der Waals surface area contributed by atoms with Gasteiger partial charge in [0.2, 0.25) is 0 Å². The number of hydrogen-bond donors (Lipinski definition) is 0. The maximum atomic E-state index is 12.0. The van der Waals surface area contributed by atoms with Crippen LogP contribution in [0, 0.1) is 11.3 Å². The highest BCUT2D eigenvalue weighted by Gasteiger charge is 2.40. The Hall–Kier alpha value is -1.46. The molecule has 0 radical (unpaired) electrons. The second kappa shape index (κ2) is 12.4. The van der Waals surface area contributed by atoms with Crippen LogP contribution in [0.25, 0.3) is 10.4 Å². The van der Waals surface area contributed by atoms with Crippen molar-refractivity contribution >= 4 is 35.0 Å². The van der Waals surface area contributed by atoms with Gasteiger partial charge in [-0.15, -0.1) is 11.3 Å². The van der Waals surface area contributed by atoms with E-state index >= 15 is 0 Å². The van der Waals surface area contributed by atoms with Crippen molar-refractivity contribution in [3.63, 3.8) is 0 Å². The molecular formula is C28H46O5SSi2. The molecule has 0 bridgehead atoms. The van der Waals surface area contributed by atoms with Gasteiger partial charge < -0.3 is 18.3 Å². The van der Waals surface area contributed by atoms with E-state index < -0.39 is 17.4 Å². The number of carbonyl (C=O) groups is 1. The van der Waals surface area contributed by atoms with E-state index in [0.29, 0.717) is 30.3 Å². The molecule has 0 spiro atoms. The lowest BCUT2D eigenvalue weighted by Crippen LogP contribution is -2.48. The number of thiophene rings is 1. The average Bonchev–Trinajstić information content (AvgIpc) is 3.30. The fourth-order valence-corrected chi connectivity index (χ4v) is 6.88. The molecule has 2 unspecified atom stereocenters. The lowest BCUT2D eigenvalue weighted by Gasteiger charge is -2.42. The standard InChI is InChI=1S/C28H46O5SSi2/c1-27(2,3)26(33-35(8)9)21(19-32-36(10,11)28(4,5)6)18-31-23-16-24(30-7)22(15-20(23)17-29)25-13-12-14-34-25/h12-17,21,26,35H,18-19H2,1-11H3. The lowest BCUT2D eigenvalue weighted by atomic mass is 9.82. The van der Waals surface area contributed by atoms with Gasteiger partial charge in [-0.1, -0.05) is 47.6 Å². The first kappa shape index (κ1) is 30.8. The van der Waals surface area contributed by atoms with E-state index in [1.165, 1.54) is 0 Å². The highest BCUT2D eigenvalue weighted by atomic mass is 32.1. The van der Waals surface area contributed by atoms with Gasteiger partial charge in [0.25, 0.3) is 0 Å². The summed E-state index contributed by atoms with van der Waals surface area (Å²) >= 11 is 1.61. The van der Waals surface area contributed by atoms with E-state index in [2.05, 4.69) is 67.7 Å². The van der Waals surface area contributed by atoms with Crippen molar-refractivity contribution in [2.75, 3.05) is 20.3 Å². The molecule has 0 aliphatic carbocycles. The van der Waals surface area contributed by atoms with Crippen LogP contribution in [0.5, 0.6) is 11.5 Å². The smallest absolute Gasteiger partial charge is 0.191 e. The van der Waals surface area contributed by atoms with Crippen LogP contribution in [0.3, 0.4) is 0 Å². The average molecular weight is 551 g/mol. The Morgan fingerprint density at radius 2 is 1.72 bits per heavy atom. The first-order chi connectivity index (χ1) is 16.6. The van der Waals surface area contributed by atoms with Crippen LogP contribution in [0.15, 0.2) is 29.6 Å². The van der Waals surface area contributed by atoms with E-state index in [1.54, 1.807) is 18.4 Å². The summed E-state index contributed by atoms with van der Waals surface area (Å²) < 4.78 is 25.3. The molecule has 0 saturated carbocycles. The van der Waals surface area contributed by atoms with Crippen LogP contribution >= 0.6 is 11.3 Å². The first-order valence-electron chi connectivity index (χ1n) is 12.7. The molecule has 0 saturated heterocycles. The molecule has 1 aromatic heterocycles. The van der Waals surface area contributed by atoms with E-state index in [9.17, 15) is 4.79 Å². The predicted octanol–water partition coefficient (Wildman–Crippen LogP) is 7.67. The maximum absolute atomic E-state index is 12.0. The van der Waals surface area contributed by atoms with Crippen molar-refractivity contribution in [2.45, 2.75) is 78.9 Å². The number of carbonyl (C=O) groups excluding carboxylic acids is 1. The molecule has 36 heavy (non-hydrogen) atoms. The van der Waals surface area contributed by atoms with Gasteiger partial charge in [-0.3, -0.25) is 4.79 Å². The van der Waals surface area contributed by atoms with Crippen molar-refractivity contribution in [1.29, 1.82) is 0 Å². The molecule has 0 aliphatic heterocycles. The van der Waals surface area contributed by atoms with Gasteiger partial charge in [0.05, 0.1) is 25.4 Å². The third kappa shape index (κ3) is 8.02. The Morgan fingerprint density at radius 3 is 2.19 bits per heavy atom. The van der Waals surface area contributed by atoms with Gasteiger partial charge in [-0.2, -0.15) is 0 Å². The zero-order valence-corrected chi connectivity index (χ0v) is 27.0. The topological polar surface area (TPSA) is 54.0 Å². The molecule has 2 aromatic rings. The predicted molar refractivity (Wildman–Crippen MR) is 157 cm³/mol. The molecule has 0 aliphatic rings. The van der Waals surface area contributed by atoms with Crippen molar-refractivity contribution in [3.8, 4) is 21.9 Å². The van der Waals surface area contributed by atoms with Crippen LogP contribution in [-0.4, -0.2) is 50.1 Å². The monoisotopic (exact) mass is 550 g/mol. The van der Waals surface area contributed by atoms with Crippen LogP contribution in [0.4, 0.5) is 0 Å². The van der Waals surface area contributed by atoms with Crippen molar-refractivity contribution < 1.29 is 23.1 Å². The quantitative estimate of drug-likeness (QED) is 0.200. The fourth-order valence-electron chi connectivity index (χ4n) is 3.86. The Labute approximate surface area is 225 Å². The summed E-state index contributed by atoms with van der Waals surface area (Å²) in [5.74, 6) is 1.22. The molecule has 0 N–H and O–H groups in total. The van der Waals surface area contributed by atoms with Crippen LogP contribution in [-0.2, 0) is 8.85 Å². The highest BCUT2D eigenvalue weighted by molar-refractivity contribution is 7.13. The number of ether oxygens (including phenoxy) is 2. The molecule has 2 rings (SSSR count). The Morgan fingerprint density at radius 1 is 1.06 bits per heavy atom. The van der Waals surface area contributed by atoms with E-state index in [4.69, 9.17) is 18.3 Å². The second-order valence-electron chi connectivity index (χ2n) is 12.3. The Bertz CT molecular complexity index is 975. The Balaban J connectivity index is 2.39. The normalized spacial score (nSPS) is 14.6. The Kier molecular flexibility index (Phi) is 10.6. The number of rotatable bonds is 12. The van der Waals surface area contributed by atoms with Gasteiger partial charge in [0.1, 0.15) is 11.5 Å². The fraction of sp³-hybridized carbons (Fsp3) is 0.607. The second-order valence-corrected chi connectivity index (χ2v) is 20.4. The van der Waals surface area contributed by atoms with E-state index in [1.807, 2.05) is 29.6 Å². The van der Waals surface area contributed by atoms with Gasteiger partial charge in [0.15, 0.2) is 23.6 Å². The zero-order chi connectivity index (χ0) is 27.3. The summed E-state index contributed by atoms with van der Waals surface area (Å²) in [6.07, 6.45) is 0.826. The summed E-state index contributed by atoms with van der Waals surface area (Å²) in [5, 5.41) is 2.12. The third-order valence-electron chi connectivity index (χ3n) is 6.86. The summed E-state index contributed by atoms with van der Waals surface area (Å²) in [7, 11) is -1.65. The minimum Gasteiger partial charge on any atom is -0.496 e.